The van der Waals surface area contributed by atoms with Crippen molar-refractivity contribution in [3.05, 3.63) is 25.3 Å². The van der Waals surface area contributed by atoms with Crippen molar-refractivity contribution in [2.24, 2.45) is 0 Å². The fourth-order valence-corrected chi connectivity index (χ4v) is 0.968. The van der Waals surface area contributed by atoms with E-state index in [0.717, 1.165) is 0 Å². The molecule has 1 heterocycles. The van der Waals surface area contributed by atoms with Crippen LogP contribution in [0.3, 0.4) is 0 Å². The SMILES string of the molecule is C=CCOC1OC(=O)OC(=O)OC1OCC=C. The number of carbonyl (C=O) groups is 2. The fraction of sp³-hybridized carbons (Fsp3) is 0.400. The summed E-state index contributed by atoms with van der Waals surface area (Å²) in [5.41, 5.74) is 0. The predicted octanol–water partition coefficient (Wildman–Crippen LogP) is 1.35. The number of carbonyl (C=O) groups excluding carboxylic acids is 2. The van der Waals surface area contributed by atoms with E-state index in [9.17, 15) is 9.59 Å². The first kappa shape index (κ1) is 13.2. The highest BCUT2D eigenvalue weighted by molar-refractivity contribution is 5.77. The summed E-state index contributed by atoms with van der Waals surface area (Å²) in [6.45, 7) is 7.03. The van der Waals surface area contributed by atoms with Crippen LogP contribution in [0.1, 0.15) is 0 Å². The van der Waals surface area contributed by atoms with E-state index >= 15 is 0 Å². The molecule has 0 aromatic carbocycles. The zero-order valence-electron chi connectivity index (χ0n) is 9.00. The average molecular weight is 244 g/mol. The molecule has 0 aliphatic carbocycles. The second kappa shape index (κ2) is 6.66. The van der Waals surface area contributed by atoms with Gasteiger partial charge in [0.25, 0.3) is 12.6 Å². The molecule has 1 fully saturated rings. The highest BCUT2D eigenvalue weighted by Crippen LogP contribution is 2.14. The topological polar surface area (TPSA) is 80.3 Å². The molecule has 94 valence electrons. The van der Waals surface area contributed by atoms with E-state index < -0.39 is 24.9 Å². The van der Waals surface area contributed by atoms with Crippen molar-refractivity contribution < 1.29 is 33.3 Å². The van der Waals surface area contributed by atoms with Gasteiger partial charge in [0, 0.05) is 0 Å². The standard InChI is InChI=1S/C10H12O7/c1-3-5-13-7-8(14-6-4-2)16-10(12)17-9(11)15-7/h3-4,7-8H,1-2,5-6H2. The van der Waals surface area contributed by atoms with Gasteiger partial charge in [0.05, 0.1) is 13.2 Å². The van der Waals surface area contributed by atoms with E-state index in [4.69, 9.17) is 9.47 Å². The first-order valence-electron chi connectivity index (χ1n) is 4.71. The molecule has 17 heavy (non-hydrogen) atoms. The van der Waals surface area contributed by atoms with Gasteiger partial charge in [-0.25, -0.2) is 9.59 Å². The third kappa shape index (κ3) is 4.25. The number of cyclic esters (lactones) is 4. The third-order valence-electron chi connectivity index (χ3n) is 1.57. The first-order chi connectivity index (χ1) is 8.17. The van der Waals surface area contributed by atoms with E-state index in [2.05, 4.69) is 27.4 Å². The summed E-state index contributed by atoms with van der Waals surface area (Å²) >= 11 is 0. The number of hydrogen-bond acceptors (Lipinski definition) is 7. The number of hydrogen-bond donors (Lipinski definition) is 0. The van der Waals surface area contributed by atoms with Crippen molar-refractivity contribution in [1.82, 2.24) is 0 Å². The molecule has 1 saturated heterocycles. The van der Waals surface area contributed by atoms with Crippen LogP contribution in [0.2, 0.25) is 0 Å². The summed E-state index contributed by atoms with van der Waals surface area (Å²) < 4.78 is 23.5. The molecule has 0 spiro atoms. The number of rotatable bonds is 6. The van der Waals surface area contributed by atoms with Crippen LogP contribution < -0.4 is 0 Å². The van der Waals surface area contributed by atoms with Gasteiger partial charge >= 0.3 is 12.3 Å². The van der Waals surface area contributed by atoms with Gasteiger partial charge in [-0.3, -0.25) is 0 Å². The lowest BCUT2D eigenvalue weighted by molar-refractivity contribution is -0.234. The Kier molecular flexibility index (Phi) is 5.18. The maximum atomic E-state index is 11.0. The van der Waals surface area contributed by atoms with Crippen LogP contribution in [0.4, 0.5) is 9.59 Å². The lowest BCUT2D eigenvalue weighted by atomic mass is 10.5. The smallest absolute Gasteiger partial charge is 0.397 e. The van der Waals surface area contributed by atoms with Crippen LogP contribution >= 0.6 is 0 Å². The van der Waals surface area contributed by atoms with Gasteiger partial charge in [-0.05, 0) is 0 Å². The van der Waals surface area contributed by atoms with Crippen molar-refractivity contribution >= 4 is 12.3 Å². The summed E-state index contributed by atoms with van der Waals surface area (Å²) in [5, 5.41) is 0. The molecule has 7 heteroatoms. The van der Waals surface area contributed by atoms with E-state index in [1.165, 1.54) is 12.2 Å². The van der Waals surface area contributed by atoms with Crippen molar-refractivity contribution in [2.75, 3.05) is 13.2 Å². The van der Waals surface area contributed by atoms with Crippen LogP contribution in [-0.4, -0.2) is 38.1 Å². The first-order valence-corrected chi connectivity index (χ1v) is 4.71. The Morgan fingerprint density at radius 1 is 1.00 bits per heavy atom. The molecule has 2 atom stereocenters. The second-order valence-corrected chi connectivity index (χ2v) is 2.82. The maximum absolute atomic E-state index is 11.0. The molecule has 0 aromatic heterocycles. The summed E-state index contributed by atoms with van der Waals surface area (Å²) in [7, 11) is 0. The Morgan fingerprint density at radius 3 is 1.76 bits per heavy atom. The Balaban J connectivity index is 2.68. The monoisotopic (exact) mass is 244 g/mol. The molecule has 1 aliphatic rings. The maximum Gasteiger partial charge on any atom is 0.521 e. The lowest BCUT2D eigenvalue weighted by Gasteiger charge is -2.21. The summed E-state index contributed by atoms with van der Waals surface area (Å²) in [6.07, 6.45) is -1.99. The zero-order valence-corrected chi connectivity index (χ0v) is 9.00. The summed E-state index contributed by atoms with van der Waals surface area (Å²) in [5.74, 6) is 0. The van der Waals surface area contributed by atoms with Gasteiger partial charge in [-0.2, -0.15) is 0 Å². The molecule has 1 rings (SSSR count). The van der Waals surface area contributed by atoms with Gasteiger partial charge in [0.15, 0.2) is 0 Å². The molecule has 0 amide bonds. The highest BCUT2D eigenvalue weighted by Gasteiger charge is 2.36. The van der Waals surface area contributed by atoms with Gasteiger partial charge in [0.2, 0.25) is 0 Å². The Hall–Kier alpha value is -1.86. The Bertz CT molecular complexity index is 282. The predicted molar refractivity (Wildman–Crippen MR) is 53.9 cm³/mol. The van der Waals surface area contributed by atoms with Crippen LogP contribution in [0, 0.1) is 0 Å². The van der Waals surface area contributed by atoms with Crippen molar-refractivity contribution in [3.8, 4) is 0 Å². The largest absolute Gasteiger partial charge is 0.521 e. The third-order valence-corrected chi connectivity index (χ3v) is 1.57. The molecule has 2 unspecified atom stereocenters. The molecular formula is C10H12O7. The minimum atomic E-state index is -1.22. The van der Waals surface area contributed by atoms with E-state index in [1.807, 2.05) is 0 Å². The number of ether oxygens (including phenoxy) is 5. The van der Waals surface area contributed by atoms with Gasteiger partial charge in [0.1, 0.15) is 0 Å². The molecule has 7 nitrogen and oxygen atoms in total. The molecule has 0 bridgehead atoms. The van der Waals surface area contributed by atoms with Crippen LogP contribution in [0.25, 0.3) is 0 Å². The van der Waals surface area contributed by atoms with E-state index in [1.54, 1.807) is 0 Å². The molecule has 1 aliphatic heterocycles. The second-order valence-electron chi connectivity index (χ2n) is 2.82. The molecule has 0 saturated carbocycles. The van der Waals surface area contributed by atoms with E-state index in [0.29, 0.717) is 0 Å². The average Bonchev–Trinajstić information content (AvgIpc) is 2.42. The van der Waals surface area contributed by atoms with Crippen molar-refractivity contribution in [1.29, 1.82) is 0 Å². The quantitative estimate of drug-likeness (QED) is 0.396. The highest BCUT2D eigenvalue weighted by atomic mass is 16.9. The molecule has 0 radical (unpaired) electrons. The summed E-state index contributed by atoms with van der Waals surface area (Å²) in [6, 6.07) is 0. The van der Waals surface area contributed by atoms with Gasteiger partial charge in [-0.15, -0.1) is 13.2 Å². The Labute approximate surface area is 97.5 Å². The van der Waals surface area contributed by atoms with Crippen molar-refractivity contribution in [3.63, 3.8) is 0 Å². The minimum absolute atomic E-state index is 0.0868. The minimum Gasteiger partial charge on any atom is -0.397 e. The normalized spacial score (nSPS) is 24.0. The molecular weight excluding hydrogens is 232 g/mol. The van der Waals surface area contributed by atoms with Gasteiger partial charge in [-0.1, -0.05) is 12.2 Å². The zero-order chi connectivity index (χ0) is 12.7. The van der Waals surface area contributed by atoms with Crippen LogP contribution in [0.5, 0.6) is 0 Å². The molecule has 0 N–H and O–H groups in total. The fourth-order valence-electron chi connectivity index (χ4n) is 0.968. The van der Waals surface area contributed by atoms with E-state index in [-0.39, 0.29) is 13.2 Å². The molecule has 0 aromatic rings. The van der Waals surface area contributed by atoms with Crippen LogP contribution in [0.15, 0.2) is 25.3 Å². The Morgan fingerprint density at radius 2 is 1.41 bits per heavy atom. The summed E-state index contributed by atoms with van der Waals surface area (Å²) in [4.78, 5) is 21.9. The van der Waals surface area contributed by atoms with Gasteiger partial charge < -0.3 is 23.7 Å². The van der Waals surface area contributed by atoms with Crippen LogP contribution in [-0.2, 0) is 23.7 Å². The lowest BCUT2D eigenvalue weighted by Crippen LogP contribution is -2.36. The van der Waals surface area contributed by atoms with Crippen molar-refractivity contribution in [2.45, 2.75) is 12.6 Å².